The molecule has 0 atom stereocenters. The average molecular weight is 296 g/mol. The second kappa shape index (κ2) is 5.14. The van der Waals surface area contributed by atoms with Crippen LogP contribution in [0.5, 0.6) is 0 Å². The molecule has 0 amide bonds. The lowest BCUT2D eigenvalue weighted by Crippen LogP contribution is -2.46. The second-order valence-electron chi connectivity index (χ2n) is 4.11. The molecule has 0 unspecified atom stereocenters. The highest BCUT2D eigenvalue weighted by Gasteiger charge is 2.21. The summed E-state index contributed by atoms with van der Waals surface area (Å²) in [6.45, 7) is 3.45. The van der Waals surface area contributed by atoms with Crippen molar-refractivity contribution < 1.29 is 9.90 Å². The molecular weight excluding hydrogens is 284 g/mol. The van der Waals surface area contributed by atoms with Gasteiger partial charge in [-0.15, -0.1) is 22.7 Å². The SMILES string of the molecule is O=C(O)c1csc(N2CCN(c3nccs3)CC2)n1. The third kappa shape index (κ3) is 2.54. The Kier molecular flexibility index (Phi) is 3.34. The van der Waals surface area contributed by atoms with E-state index in [-0.39, 0.29) is 5.69 Å². The number of carboxylic acid groups (broad SMARTS) is 1. The van der Waals surface area contributed by atoms with E-state index in [0.29, 0.717) is 0 Å². The lowest BCUT2D eigenvalue weighted by Gasteiger charge is -2.34. The molecule has 1 aliphatic heterocycles. The first kappa shape index (κ1) is 12.4. The third-order valence-corrected chi connectivity index (χ3v) is 4.68. The Labute approximate surface area is 118 Å². The molecule has 3 rings (SSSR count). The van der Waals surface area contributed by atoms with E-state index >= 15 is 0 Å². The van der Waals surface area contributed by atoms with Gasteiger partial charge >= 0.3 is 5.97 Å². The Morgan fingerprint density at radius 2 is 1.84 bits per heavy atom. The Hall–Kier alpha value is -1.67. The summed E-state index contributed by atoms with van der Waals surface area (Å²) in [5.74, 6) is -0.969. The zero-order chi connectivity index (χ0) is 13.2. The first-order chi connectivity index (χ1) is 9.24. The molecule has 6 nitrogen and oxygen atoms in total. The Morgan fingerprint density at radius 1 is 1.16 bits per heavy atom. The van der Waals surface area contributed by atoms with Gasteiger partial charge in [0, 0.05) is 43.1 Å². The quantitative estimate of drug-likeness (QED) is 0.928. The Balaban J connectivity index is 1.64. The summed E-state index contributed by atoms with van der Waals surface area (Å²) < 4.78 is 0. The van der Waals surface area contributed by atoms with Crippen molar-refractivity contribution in [2.75, 3.05) is 36.0 Å². The van der Waals surface area contributed by atoms with Gasteiger partial charge in [-0.05, 0) is 0 Å². The van der Waals surface area contributed by atoms with Crippen molar-refractivity contribution in [1.29, 1.82) is 0 Å². The van der Waals surface area contributed by atoms with Gasteiger partial charge in [0.2, 0.25) is 0 Å². The van der Waals surface area contributed by atoms with Crippen molar-refractivity contribution >= 4 is 38.9 Å². The van der Waals surface area contributed by atoms with Crippen LogP contribution in [0.3, 0.4) is 0 Å². The highest BCUT2D eigenvalue weighted by molar-refractivity contribution is 7.14. The van der Waals surface area contributed by atoms with E-state index in [1.54, 1.807) is 16.7 Å². The first-order valence-corrected chi connectivity index (χ1v) is 7.58. The molecule has 0 aliphatic carbocycles. The molecule has 0 aromatic carbocycles. The van der Waals surface area contributed by atoms with Crippen LogP contribution in [-0.4, -0.2) is 47.2 Å². The minimum atomic E-state index is -0.969. The average Bonchev–Trinajstić information content (AvgIpc) is 3.11. The Morgan fingerprint density at radius 3 is 2.37 bits per heavy atom. The molecule has 1 fully saturated rings. The van der Waals surface area contributed by atoms with Crippen LogP contribution in [0.25, 0.3) is 0 Å². The van der Waals surface area contributed by atoms with Crippen molar-refractivity contribution in [2.45, 2.75) is 0 Å². The summed E-state index contributed by atoms with van der Waals surface area (Å²) in [5, 5.41) is 14.3. The fourth-order valence-corrected chi connectivity index (χ4v) is 3.52. The number of aromatic carboxylic acids is 1. The number of carbonyl (C=O) groups is 1. The smallest absolute Gasteiger partial charge is 0.355 e. The number of nitrogens with zero attached hydrogens (tertiary/aromatic N) is 4. The zero-order valence-electron chi connectivity index (χ0n) is 10.0. The number of rotatable bonds is 3. The summed E-state index contributed by atoms with van der Waals surface area (Å²) in [5.41, 5.74) is 0.127. The lowest BCUT2D eigenvalue weighted by molar-refractivity contribution is 0.0691. The van der Waals surface area contributed by atoms with Crippen molar-refractivity contribution in [1.82, 2.24) is 9.97 Å². The summed E-state index contributed by atoms with van der Waals surface area (Å²) in [6, 6.07) is 0. The number of carboxylic acids is 1. The third-order valence-electron chi connectivity index (χ3n) is 2.95. The van der Waals surface area contributed by atoms with Crippen molar-refractivity contribution in [2.24, 2.45) is 0 Å². The number of anilines is 2. The summed E-state index contributed by atoms with van der Waals surface area (Å²) in [4.78, 5) is 23.6. The topological polar surface area (TPSA) is 69.6 Å². The van der Waals surface area contributed by atoms with Gasteiger partial charge in [0.05, 0.1) is 0 Å². The molecule has 0 radical (unpaired) electrons. The van der Waals surface area contributed by atoms with E-state index in [4.69, 9.17) is 5.11 Å². The first-order valence-electron chi connectivity index (χ1n) is 5.82. The molecule has 8 heteroatoms. The van der Waals surface area contributed by atoms with Gasteiger partial charge in [0.1, 0.15) is 0 Å². The molecule has 0 spiro atoms. The second-order valence-corrected chi connectivity index (χ2v) is 5.82. The van der Waals surface area contributed by atoms with Crippen LogP contribution < -0.4 is 9.80 Å². The number of hydrogen-bond donors (Lipinski definition) is 1. The Bertz CT molecular complexity index is 561. The normalized spacial score (nSPS) is 15.8. The maximum atomic E-state index is 10.8. The molecule has 1 aliphatic rings. The van der Waals surface area contributed by atoms with Gasteiger partial charge in [-0.25, -0.2) is 14.8 Å². The molecule has 1 saturated heterocycles. The molecule has 0 bridgehead atoms. The van der Waals surface area contributed by atoms with Crippen LogP contribution in [0, 0.1) is 0 Å². The molecule has 0 saturated carbocycles. The fourth-order valence-electron chi connectivity index (χ4n) is 1.97. The minimum absolute atomic E-state index is 0.127. The number of thiazole rings is 2. The molecule has 3 heterocycles. The van der Waals surface area contributed by atoms with Crippen LogP contribution in [0.1, 0.15) is 10.5 Å². The predicted octanol–water partition coefficient (Wildman–Crippen LogP) is 1.62. The number of piperazine rings is 1. The van der Waals surface area contributed by atoms with Crippen LogP contribution in [0.4, 0.5) is 10.3 Å². The summed E-state index contributed by atoms with van der Waals surface area (Å²) >= 11 is 3.03. The maximum absolute atomic E-state index is 10.8. The van der Waals surface area contributed by atoms with E-state index in [9.17, 15) is 4.79 Å². The van der Waals surface area contributed by atoms with E-state index in [1.165, 1.54) is 11.3 Å². The summed E-state index contributed by atoms with van der Waals surface area (Å²) in [6.07, 6.45) is 1.81. The van der Waals surface area contributed by atoms with Crippen LogP contribution >= 0.6 is 22.7 Å². The van der Waals surface area contributed by atoms with Crippen LogP contribution in [0.15, 0.2) is 17.0 Å². The molecule has 1 N–H and O–H groups in total. The highest BCUT2D eigenvalue weighted by Crippen LogP contribution is 2.24. The number of hydrogen-bond acceptors (Lipinski definition) is 7. The van der Waals surface area contributed by atoms with Crippen LogP contribution in [0.2, 0.25) is 0 Å². The van der Waals surface area contributed by atoms with Gasteiger partial charge < -0.3 is 14.9 Å². The molecule has 19 heavy (non-hydrogen) atoms. The highest BCUT2D eigenvalue weighted by atomic mass is 32.1. The van der Waals surface area contributed by atoms with Crippen molar-refractivity contribution in [3.63, 3.8) is 0 Å². The van der Waals surface area contributed by atoms with Gasteiger partial charge in [-0.2, -0.15) is 0 Å². The van der Waals surface area contributed by atoms with E-state index in [1.807, 2.05) is 11.6 Å². The minimum Gasteiger partial charge on any atom is -0.476 e. The van der Waals surface area contributed by atoms with Crippen molar-refractivity contribution in [3.8, 4) is 0 Å². The van der Waals surface area contributed by atoms with E-state index in [2.05, 4.69) is 19.8 Å². The summed E-state index contributed by atoms with van der Waals surface area (Å²) in [7, 11) is 0. The molecular formula is C11H12N4O2S2. The predicted molar refractivity (Wildman–Crippen MR) is 75.6 cm³/mol. The maximum Gasteiger partial charge on any atom is 0.355 e. The fraction of sp³-hybridized carbons (Fsp3) is 0.364. The van der Waals surface area contributed by atoms with E-state index in [0.717, 1.165) is 36.4 Å². The van der Waals surface area contributed by atoms with Crippen LogP contribution in [-0.2, 0) is 0 Å². The molecule has 2 aromatic heterocycles. The van der Waals surface area contributed by atoms with Gasteiger partial charge in [0.25, 0.3) is 0 Å². The lowest BCUT2D eigenvalue weighted by atomic mass is 10.3. The van der Waals surface area contributed by atoms with E-state index < -0.39 is 5.97 Å². The van der Waals surface area contributed by atoms with Gasteiger partial charge in [-0.3, -0.25) is 0 Å². The molecule has 100 valence electrons. The molecule has 2 aromatic rings. The number of aromatic nitrogens is 2. The standard InChI is InChI=1S/C11H12N4O2S2/c16-9(17)8-7-19-11(13-8)15-4-2-14(3-5-15)10-12-1-6-18-10/h1,6-7H,2-5H2,(H,16,17). The van der Waals surface area contributed by atoms with Gasteiger partial charge in [0.15, 0.2) is 16.0 Å². The monoisotopic (exact) mass is 296 g/mol. The van der Waals surface area contributed by atoms with Gasteiger partial charge in [-0.1, -0.05) is 0 Å². The van der Waals surface area contributed by atoms with Crippen molar-refractivity contribution in [3.05, 3.63) is 22.7 Å². The zero-order valence-corrected chi connectivity index (χ0v) is 11.7. The largest absolute Gasteiger partial charge is 0.476 e.